The van der Waals surface area contributed by atoms with E-state index in [1.54, 1.807) is 6.33 Å². The van der Waals surface area contributed by atoms with Gasteiger partial charge in [0.05, 0.1) is 17.0 Å². The van der Waals surface area contributed by atoms with Crippen molar-refractivity contribution in [1.82, 2.24) is 19.9 Å². The Morgan fingerprint density at radius 2 is 2.05 bits per heavy atom. The minimum Gasteiger partial charge on any atom is -0.340 e. The third-order valence-electron chi connectivity index (χ3n) is 2.72. The van der Waals surface area contributed by atoms with E-state index in [0.717, 1.165) is 11.3 Å². The number of aromatic amines is 1. The van der Waals surface area contributed by atoms with E-state index < -0.39 is 0 Å². The molecule has 0 amide bonds. The molecular formula is C12H9Cl2N5. The van der Waals surface area contributed by atoms with Crippen LogP contribution in [0, 0.1) is 6.92 Å². The molecule has 0 unspecified atom stereocenters. The summed E-state index contributed by atoms with van der Waals surface area (Å²) in [6.07, 6.45) is 1.54. The van der Waals surface area contributed by atoms with Crippen LogP contribution < -0.4 is 5.32 Å². The molecule has 2 heterocycles. The first-order valence-corrected chi connectivity index (χ1v) is 6.29. The standard InChI is InChI=1S/C12H9Cl2N5/c1-6-3-2-4-7(13)8(6)17-11-9-10(16-5-15-9)18-12(14)19-11/h2-5H,1H3,(H2,15,16,17,18,19). The van der Waals surface area contributed by atoms with Gasteiger partial charge in [0.2, 0.25) is 5.28 Å². The highest BCUT2D eigenvalue weighted by Gasteiger charge is 2.11. The van der Waals surface area contributed by atoms with Crippen LogP contribution in [-0.4, -0.2) is 19.9 Å². The molecule has 2 N–H and O–H groups in total. The molecule has 0 bridgehead atoms. The number of imidazole rings is 1. The monoisotopic (exact) mass is 293 g/mol. The van der Waals surface area contributed by atoms with Crippen LogP contribution in [0.15, 0.2) is 24.5 Å². The number of aromatic nitrogens is 4. The van der Waals surface area contributed by atoms with Crippen LogP contribution in [-0.2, 0) is 0 Å². The van der Waals surface area contributed by atoms with Gasteiger partial charge in [-0.25, -0.2) is 4.98 Å². The number of halogens is 2. The summed E-state index contributed by atoms with van der Waals surface area (Å²) in [7, 11) is 0. The molecule has 3 aromatic rings. The third-order valence-corrected chi connectivity index (χ3v) is 3.21. The van der Waals surface area contributed by atoms with Gasteiger partial charge in [-0.15, -0.1) is 0 Å². The summed E-state index contributed by atoms with van der Waals surface area (Å²) in [6, 6.07) is 5.66. The first-order chi connectivity index (χ1) is 9.15. The zero-order valence-electron chi connectivity index (χ0n) is 9.91. The highest BCUT2D eigenvalue weighted by Crippen LogP contribution is 2.30. The molecule has 7 heteroatoms. The topological polar surface area (TPSA) is 66.5 Å². The average Bonchev–Trinajstić information content (AvgIpc) is 2.81. The highest BCUT2D eigenvalue weighted by molar-refractivity contribution is 6.33. The van der Waals surface area contributed by atoms with Crippen molar-refractivity contribution < 1.29 is 0 Å². The fourth-order valence-corrected chi connectivity index (χ4v) is 2.24. The van der Waals surface area contributed by atoms with E-state index in [0.29, 0.717) is 22.0 Å². The maximum atomic E-state index is 6.18. The van der Waals surface area contributed by atoms with Crippen molar-refractivity contribution in [3.63, 3.8) is 0 Å². The quantitative estimate of drug-likeness (QED) is 0.707. The van der Waals surface area contributed by atoms with Gasteiger partial charge in [0, 0.05) is 0 Å². The average molecular weight is 294 g/mol. The Bertz CT molecular complexity index is 733. The Hall–Kier alpha value is -1.85. The second-order valence-electron chi connectivity index (χ2n) is 4.00. The molecule has 2 aromatic heterocycles. The number of hydrogen-bond donors (Lipinski definition) is 2. The first-order valence-electron chi connectivity index (χ1n) is 5.54. The zero-order valence-corrected chi connectivity index (χ0v) is 11.4. The van der Waals surface area contributed by atoms with Crippen molar-refractivity contribution in [2.24, 2.45) is 0 Å². The van der Waals surface area contributed by atoms with E-state index >= 15 is 0 Å². The van der Waals surface area contributed by atoms with E-state index in [1.807, 2.05) is 25.1 Å². The zero-order chi connectivity index (χ0) is 13.4. The maximum Gasteiger partial charge on any atom is 0.226 e. The number of hydrogen-bond acceptors (Lipinski definition) is 4. The molecule has 0 radical (unpaired) electrons. The molecule has 0 atom stereocenters. The molecular weight excluding hydrogens is 285 g/mol. The molecule has 1 aromatic carbocycles. The Balaban J connectivity index is 2.13. The Morgan fingerprint density at radius 3 is 2.84 bits per heavy atom. The van der Waals surface area contributed by atoms with Crippen molar-refractivity contribution in [3.05, 3.63) is 40.4 Å². The minimum atomic E-state index is 0.131. The van der Waals surface area contributed by atoms with Crippen LogP contribution >= 0.6 is 23.2 Å². The SMILES string of the molecule is Cc1cccc(Cl)c1Nc1nc(Cl)nc2nc[nH]c12. The normalized spacial score (nSPS) is 10.9. The predicted molar refractivity (Wildman–Crippen MR) is 76.2 cm³/mol. The number of fused-ring (bicyclic) bond motifs is 1. The summed E-state index contributed by atoms with van der Waals surface area (Å²) in [5.74, 6) is 0.545. The van der Waals surface area contributed by atoms with E-state index in [1.165, 1.54) is 0 Å². The van der Waals surface area contributed by atoms with Gasteiger partial charge in [0.1, 0.15) is 5.52 Å². The molecule has 0 fully saturated rings. The van der Waals surface area contributed by atoms with Crippen molar-refractivity contribution in [3.8, 4) is 0 Å². The molecule has 0 saturated carbocycles. The van der Waals surface area contributed by atoms with Gasteiger partial charge < -0.3 is 10.3 Å². The summed E-state index contributed by atoms with van der Waals surface area (Å²) >= 11 is 12.1. The van der Waals surface area contributed by atoms with Gasteiger partial charge in [0.15, 0.2) is 11.5 Å². The molecule has 0 aliphatic carbocycles. The third kappa shape index (κ3) is 2.22. The number of nitrogens with one attached hydrogen (secondary N) is 2. The summed E-state index contributed by atoms with van der Waals surface area (Å²) in [4.78, 5) is 15.2. The predicted octanol–water partition coefficient (Wildman–Crippen LogP) is 3.71. The fraction of sp³-hybridized carbons (Fsp3) is 0.0833. The Morgan fingerprint density at radius 1 is 1.21 bits per heavy atom. The van der Waals surface area contributed by atoms with Crippen LogP contribution in [0.5, 0.6) is 0 Å². The van der Waals surface area contributed by atoms with Gasteiger partial charge in [-0.1, -0.05) is 23.7 Å². The Labute approximate surface area is 119 Å². The molecule has 19 heavy (non-hydrogen) atoms. The second kappa shape index (κ2) is 4.68. The van der Waals surface area contributed by atoms with Crippen LogP contribution in [0.3, 0.4) is 0 Å². The largest absolute Gasteiger partial charge is 0.340 e. The first kappa shape index (κ1) is 12.2. The molecule has 0 spiro atoms. The number of anilines is 2. The van der Waals surface area contributed by atoms with Crippen LogP contribution in [0.1, 0.15) is 5.56 Å². The lowest BCUT2D eigenvalue weighted by Gasteiger charge is -2.11. The molecule has 0 aliphatic rings. The summed E-state index contributed by atoms with van der Waals surface area (Å²) in [5, 5.41) is 3.92. The molecule has 5 nitrogen and oxygen atoms in total. The number of nitrogens with zero attached hydrogens (tertiary/aromatic N) is 3. The van der Waals surface area contributed by atoms with Gasteiger partial charge in [0.25, 0.3) is 0 Å². The van der Waals surface area contributed by atoms with Gasteiger partial charge in [-0.3, -0.25) is 0 Å². The van der Waals surface area contributed by atoms with Gasteiger partial charge in [-0.05, 0) is 30.2 Å². The van der Waals surface area contributed by atoms with Gasteiger partial charge in [-0.2, -0.15) is 9.97 Å². The highest BCUT2D eigenvalue weighted by atomic mass is 35.5. The van der Waals surface area contributed by atoms with E-state index in [2.05, 4.69) is 25.3 Å². The minimum absolute atomic E-state index is 0.131. The van der Waals surface area contributed by atoms with Crippen LogP contribution in [0.25, 0.3) is 11.2 Å². The van der Waals surface area contributed by atoms with E-state index in [9.17, 15) is 0 Å². The second-order valence-corrected chi connectivity index (χ2v) is 4.74. The van der Waals surface area contributed by atoms with Crippen LogP contribution in [0.2, 0.25) is 10.3 Å². The van der Waals surface area contributed by atoms with Crippen molar-refractivity contribution in [2.75, 3.05) is 5.32 Å². The number of aryl methyl sites for hydroxylation is 1. The lowest BCUT2D eigenvalue weighted by molar-refractivity contribution is 1.19. The Kier molecular flexibility index (Phi) is 3.00. The lowest BCUT2D eigenvalue weighted by Crippen LogP contribution is -1.99. The number of benzene rings is 1. The summed E-state index contributed by atoms with van der Waals surface area (Å²) in [6.45, 7) is 1.96. The fourth-order valence-electron chi connectivity index (χ4n) is 1.81. The van der Waals surface area contributed by atoms with Crippen molar-refractivity contribution >= 4 is 45.9 Å². The van der Waals surface area contributed by atoms with Crippen molar-refractivity contribution in [2.45, 2.75) is 6.92 Å². The van der Waals surface area contributed by atoms with Crippen LogP contribution in [0.4, 0.5) is 11.5 Å². The molecule has 0 aliphatic heterocycles. The molecule has 3 rings (SSSR count). The molecule has 96 valence electrons. The maximum absolute atomic E-state index is 6.18. The molecule has 0 saturated heterocycles. The number of H-pyrrole nitrogens is 1. The smallest absolute Gasteiger partial charge is 0.226 e. The lowest BCUT2D eigenvalue weighted by atomic mass is 10.2. The number of para-hydroxylation sites is 1. The van der Waals surface area contributed by atoms with E-state index in [-0.39, 0.29) is 5.28 Å². The number of rotatable bonds is 2. The van der Waals surface area contributed by atoms with E-state index in [4.69, 9.17) is 23.2 Å². The summed E-state index contributed by atoms with van der Waals surface area (Å²) < 4.78 is 0. The van der Waals surface area contributed by atoms with Gasteiger partial charge >= 0.3 is 0 Å². The van der Waals surface area contributed by atoms with Crippen molar-refractivity contribution in [1.29, 1.82) is 0 Å². The summed E-state index contributed by atoms with van der Waals surface area (Å²) in [5.41, 5.74) is 2.99.